The van der Waals surface area contributed by atoms with Crippen LogP contribution in [0, 0.1) is 0 Å². The molecule has 0 fully saturated rings. The maximum atomic E-state index is 12.2. The average Bonchev–Trinajstić information content (AvgIpc) is 3.24. The molecule has 9 heteroatoms. The molecule has 0 spiro atoms. The van der Waals surface area contributed by atoms with Gasteiger partial charge in [0.1, 0.15) is 0 Å². The first-order chi connectivity index (χ1) is 12.1. The highest BCUT2D eigenvalue weighted by molar-refractivity contribution is 7.99. The Kier molecular flexibility index (Phi) is 5.67. The van der Waals surface area contributed by atoms with E-state index in [0.29, 0.717) is 39.0 Å². The molecule has 0 saturated carbocycles. The van der Waals surface area contributed by atoms with Gasteiger partial charge in [-0.3, -0.25) is 9.36 Å². The number of aromatic nitrogens is 3. The largest absolute Gasteiger partial charge is 0.461 e. The van der Waals surface area contributed by atoms with Crippen molar-refractivity contribution < 1.29 is 9.21 Å². The van der Waals surface area contributed by atoms with E-state index < -0.39 is 0 Å². The Bertz CT molecular complexity index is 880. The molecule has 130 valence electrons. The molecule has 25 heavy (non-hydrogen) atoms. The highest BCUT2D eigenvalue weighted by Gasteiger charge is 2.16. The Hall–Kier alpha value is -1.96. The molecular formula is C16H14Cl2N4O2S. The molecule has 3 aromatic rings. The molecule has 0 unspecified atom stereocenters. The van der Waals surface area contributed by atoms with Crippen LogP contribution in [-0.4, -0.2) is 26.4 Å². The summed E-state index contributed by atoms with van der Waals surface area (Å²) in [5, 5.41) is 12.6. The van der Waals surface area contributed by atoms with Crippen LogP contribution in [0.25, 0.3) is 11.6 Å². The minimum absolute atomic E-state index is 0.166. The van der Waals surface area contributed by atoms with E-state index in [-0.39, 0.29) is 11.7 Å². The summed E-state index contributed by atoms with van der Waals surface area (Å²) in [6, 6.07) is 8.51. The fraction of sp³-hybridized carbons (Fsp3) is 0.188. The van der Waals surface area contributed by atoms with E-state index in [2.05, 4.69) is 15.5 Å². The third-order valence-electron chi connectivity index (χ3n) is 3.31. The summed E-state index contributed by atoms with van der Waals surface area (Å²) in [5.74, 6) is 1.23. The van der Waals surface area contributed by atoms with E-state index in [9.17, 15) is 4.79 Å². The number of hydrogen-bond donors (Lipinski definition) is 1. The highest BCUT2D eigenvalue weighted by atomic mass is 35.5. The molecule has 0 aliphatic carbocycles. The molecule has 3 rings (SSSR count). The van der Waals surface area contributed by atoms with Crippen molar-refractivity contribution in [2.75, 3.05) is 11.1 Å². The number of furan rings is 1. The van der Waals surface area contributed by atoms with E-state index in [0.717, 1.165) is 0 Å². The van der Waals surface area contributed by atoms with Crippen molar-refractivity contribution in [3.05, 3.63) is 46.6 Å². The molecule has 0 radical (unpaired) electrons. The maximum absolute atomic E-state index is 12.2. The van der Waals surface area contributed by atoms with Gasteiger partial charge in [-0.05, 0) is 37.3 Å². The summed E-state index contributed by atoms with van der Waals surface area (Å²) >= 11 is 13.3. The van der Waals surface area contributed by atoms with Gasteiger partial charge in [0.15, 0.2) is 16.7 Å². The van der Waals surface area contributed by atoms with Crippen molar-refractivity contribution in [1.29, 1.82) is 0 Å². The second kappa shape index (κ2) is 7.95. The van der Waals surface area contributed by atoms with Gasteiger partial charge in [0.25, 0.3) is 0 Å². The minimum Gasteiger partial charge on any atom is -0.461 e. The van der Waals surface area contributed by atoms with E-state index in [4.69, 9.17) is 27.6 Å². The number of carbonyl (C=O) groups is 1. The van der Waals surface area contributed by atoms with E-state index in [1.54, 1.807) is 30.5 Å². The quantitative estimate of drug-likeness (QED) is 0.616. The van der Waals surface area contributed by atoms with Crippen molar-refractivity contribution >= 4 is 46.6 Å². The zero-order chi connectivity index (χ0) is 17.8. The third kappa shape index (κ3) is 4.18. The van der Waals surface area contributed by atoms with Crippen LogP contribution in [0.5, 0.6) is 0 Å². The summed E-state index contributed by atoms with van der Waals surface area (Å²) in [7, 11) is 0. The van der Waals surface area contributed by atoms with E-state index in [1.165, 1.54) is 11.8 Å². The molecule has 1 N–H and O–H groups in total. The van der Waals surface area contributed by atoms with Crippen LogP contribution in [0.2, 0.25) is 10.0 Å². The first-order valence-corrected chi connectivity index (χ1v) is 9.17. The predicted octanol–water partition coefficient (Wildman–Crippen LogP) is 4.60. The number of thioether (sulfide) groups is 1. The van der Waals surface area contributed by atoms with Crippen LogP contribution in [0.3, 0.4) is 0 Å². The lowest BCUT2D eigenvalue weighted by atomic mass is 10.3. The van der Waals surface area contributed by atoms with Crippen LogP contribution in [0.15, 0.2) is 46.2 Å². The Morgan fingerprint density at radius 3 is 2.88 bits per heavy atom. The lowest BCUT2D eigenvalue weighted by Gasteiger charge is -2.08. The Morgan fingerprint density at radius 2 is 2.16 bits per heavy atom. The van der Waals surface area contributed by atoms with Crippen LogP contribution in [0.4, 0.5) is 5.69 Å². The first-order valence-electron chi connectivity index (χ1n) is 7.43. The minimum atomic E-state index is -0.209. The van der Waals surface area contributed by atoms with Crippen LogP contribution in [-0.2, 0) is 11.3 Å². The van der Waals surface area contributed by atoms with Crippen molar-refractivity contribution in [3.8, 4) is 11.6 Å². The number of rotatable bonds is 6. The summed E-state index contributed by atoms with van der Waals surface area (Å²) in [6.45, 7) is 2.64. The van der Waals surface area contributed by atoms with Gasteiger partial charge in [0.05, 0.1) is 22.7 Å². The average molecular weight is 397 g/mol. The van der Waals surface area contributed by atoms with Crippen LogP contribution >= 0.6 is 35.0 Å². The molecule has 2 heterocycles. The zero-order valence-corrected chi connectivity index (χ0v) is 15.5. The highest BCUT2D eigenvalue weighted by Crippen LogP contribution is 2.27. The molecule has 1 amide bonds. The Morgan fingerprint density at radius 1 is 1.32 bits per heavy atom. The molecule has 2 aromatic heterocycles. The summed E-state index contributed by atoms with van der Waals surface area (Å²) < 4.78 is 7.26. The van der Waals surface area contributed by atoms with Crippen LogP contribution in [0.1, 0.15) is 6.92 Å². The number of halogens is 2. The second-order valence-electron chi connectivity index (χ2n) is 4.99. The molecule has 0 saturated heterocycles. The molecule has 0 aliphatic rings. The fourth-order valence-electron chi connectivity index (χ4n) is 2.18. The molecule has 0 atom stereocenters. The van der Waals surface area contributed by atoms with Gasteiger partial charge in [-0.25, -0.2) is 0 Å². The Labute approximate surface area is 158 Å². The Balaban J connectivity index is 1.67. The van der Waals surface area contributed by atoms with Crippen molar-refractivity contribution in [2.45, 2.75) is 18.6 Å². The molecule has 0 aliphatic heterocycles. The topological polar surface area (TPSA) is 73.0 Å². The molecular weight excluding hydrogens is 383 g/mol. The van der Waals surface area contributed by atoms with Gasteiger partial charge in [-0.15, -0.1) is 10.2 Å². The third-order valence-corrected chi connectivity index (χ3v) is 4.84. The standard InChI is InChI=1S/C16H14Cl2N4O2S/c1-2-22-15(13-4-3-7-24-13)20-21-16(22)25-9-14(23)19-12-8-10(17)5-6-11(12)18/h3-8H,2,9H2,1H3,(H,19,23). The molecule has 6 nitrogen and oxygen atoms in total. The number of hydrogen-bond acceptors (Lipinski definition) is 5. The smallest absolute Gasteiger partial charge is 0.234 e. The first kappa shape index (κ1) is 17.8. The number of anilines is 1. The predicted molar refractivity (Wildman–Crippen MR) is 99.2 cm³/mol. The SMILES string of the molecule is CCn1c(SCC(=O)Nc2cc(Cl)ccc2Cl)nnc1-c1ccco1. The van der Waals surface area contributed by atoms with Gasteiger partial charge in [0, 0.05) is 11.6 Å². The van der Waals surface area contributed by atoms with E-state index in [1.807, 2.05) is 17.6 Å². The number of nitrogens with one attached hydrogen (secondary N) is 1. The molecule has 1 aromatic carbocycles. The number of benzene rings is 1. The molecule has 0 bridgehead atoms. The van der Waals surface area contributed by atoms with Crippen LogP contribution < -0.4 is 5.32 Å². The van der Waals surface area contributed by atoms with Crippen molar-refractivity contribution in [3.63, 3.8) is 0 Å². The van der Waals surface area contributed by atoms with Gasteiger partial charge in [0.2, 0.25) is 5.91 Å². The maximum Gasteiger partial charge on any atom is 0.234 e. The van der Waals surface area contributed by atoms with Crippen molar-refractivity contribution in [1.82, 2.24) is 14.8 Å². The monoisotopic (exact) mass is 396 g/mol. The zero-order valence-electron chi connectivity index (χ0n) is 13.2. The summed E-state index contributed by atoms with van der Waals surface area (Å²) in [5.41, 5.74) is 0.480. The second-order valence-corrected chi connectivity index (χ2v) is 6.77. The van der Waals surface area contributed by atoms with Crippen molar-refractivity contribution in [2.24, 2.45) is 0 Å². The van der Waals surface area contributed by atoms with Gasteiger partial charge < -0.3 is 9.73 Å². The van der Waals surface area contributed by atoms with Gasteiger partial charge in [-0.1, -0.05) is 35.0 Å². The lowest BCUT2D eigenvalue weighted by Crippen LogP contribution is -2.15. The van der Waals surface area contributed by atoms with Gasteiger partial charge in [-0.2, -0.15) is 0 Å². The van der Waals surface area contributed by atoms with E-state index >= 15 is 0 Å². The fourth-order valence-corrected chi connectivity index (χ4v) is 3.32. The van der Waals surface area contributed by atoms with Gasteiger partial charge >= 0.3 is 0 Å². The number of amides is 1. The number of nitrogens with zero attached hydrogens (tertiary/aromatic N) is 3. The summed E-state index contributed by atoms with van der Waals surface area (Å²) in [6.07, 6.45) is 1.58. The summed E-state index contributed by atoms with van der Waals surface area (Å²) in [4.78, 5) is 12.2. The normalized spacial score (nSPS) is 10.8. The lowest BCUT2D eigenvalue weighted by molar-refractivity contribution is -0.113. The number of carbonyl (C=O) groups excluding carboxylic acids is 1.